The first-order valence-corrected chi connectivity index (χ1v) is 8.25. The fourth-order valence-corrected chi connectivity index (χ4v) is 3.38. The lowest BCUT2D eigenvalue weighted by molar-refractivity contribution is 0.0820. The van der Waals surface area contributed by atoms with Crippen molar-refractivity contribution in [3.8, 4) is 0 Å². The van der Waals surface area contributed by atoms with E-state index in [1.54, 1.807) is 0 Å². The fourth-order valence-electron chi connectivity index (χ4n) is 3.23. The summed E-state index contributed by atoms with van der Waals surface area (Å²) < 4.78 is 5.73. The molecule has 114 valence electrons. The van der Waals surface area contributed by atoms with Crippen LogP contribution in [0.25, 0.3) is 0 Å². The molecule has 2 N–H and O–H groups in total. The summed E-state index contributed by atoms with van der Waals surface area (Å²) in [5.74, 6) is 0.959. The number of thiocarbonyl (C=S) groups is 1. The van der Waals surface area contributed by atoms with Crippen molar-refractivity contribution >= 4 is 23.0 Å². The van der Waals surface area contributed by atoms with E-state index >= 15 is 0 Å². The molecule has 21 heavy (non-hydrogen) atoms. The molecule has 0 amide bonds. The Labute approximate surface area is 131 Å². The lowest BCUT2D eigenvalue weighted by Crippen LogP contribution is -2.33. The Morgan fingerprint density at radius 3 is 3.00 bits per heavy atom. The van der Waals surface area contributed by atoms with Crippen molar-refractivity contribution < 1.29 is 4.74 Å². The van der Waals surface area contributed by atoms with Crippen LogP contribution in [0.5, 0.6) is 0 Å². The van der Waals surface area contributed by atoms with E-state index in [0.717, 1.165) is 50.3 Å². The molecule has 1 aliphatic heterocycles. The van der Waals surface area contributed by atoms with E-state index in [-0.39, 0.29) is 6.10 Å². The minimum absolute atomic E-state index is 0.213. The molecule has 0 bridgehead atoms. The third kappa shape index (κ3) is 3.19. The molecule has 1 aliphatic carbocycles. The predicted molar refractivity (Wildman–Crippen MR) is 89.0 cm³/mol. The van der Waals surface area contributed by atoms with Crippen LogP contribution < -0.4 is 10.6 Å². The topological polar surface area (TPSA) is 51.4 Å². The molecule has 1 saturated heterocycles. The Hall–Kier alpha value is -1.20. The lowest BCUT2D eigenvalue weighted by atomic mass is 9.94. The fraction of sp³-hybridized carbons (Fsp3) is 0.625. The van der Waals surface area contributed by atoms with E-state index < -0.39 is 0 Å². The van der Waals surface area contributed by atoms with Gasteiger partial charge >= 0.3 is 0 Å². The van der Waals surface area contributed by atoms with Gasteiger partial charge in [0.05, 0.1) is 11.7 Å². The Morgan fingerprint density at radius 1 is 1.38 bits per heavy atom. The van der Waals surface area contributed by atoms with Crippen molar-refractivity contribution in [2.75, 3.05) is 24.6 Å². The molecule has 1 aromatic rings. The number of fused-ring (bicyclic) bond motifs is 1. The van der Waals surface area contributed by atoms with Gasteiger partial charge in [-0.25, -0.2) is 4.98 Å². The summed E-state index contributed by atoms with van der Waals surface area (Å²) >= 11 is 5.27. The third-order valence-corrected chi connectivity index (χ3v) is 4.52. The van der Waals surface area contributed by atoms with Crippen molar-refractivity contribution in [1.29, 1.82) is 0 Å². The number of nitrogens with two attached hydrogens (primary N) is 1. The highest BCUT2D eigenvalue weighted by molar-refractivity contribution is 7.80. The van der Waals surface area contributed by atoms with Gasteiger partial charge in [0.15, 0.2) is 0 Å². The average molecular weight is 305 g/mol. The van der Waals surface area contributed by atoms with Gasteiger partial charge in [-0.05, 0) is 50.7 Å². The van der Waals surface area contributed by atoms with Gasteiger partial charge in [0.1, 0.15) is 10.8 Å². The summed E-state index contributed by atoms with van der Waals surface area (Å²) in [6.45, 7) is 4.72. The van der Waals surface area contributed by atoms with Crippen LogP contribution in [-0.4, -0.2) is 35.8 Å². The Morgan fingerprint density at radius 2 is 2.19 bits per heavy atom. The zero-order valence-electron chi connectivity index (χ0n) is 12.6. The summed E-state index contributed by atoms with van der Waals surface area (Å²) in [4.78, 5) is 7.68. The normalized spacial score (nSPS) is 22.5. The molecule has 0 radical (unpaired) electrons. The van der Waals surface area contributed by atoms with Gasteiger partial charge in [-0.3, -0.25) is 0 Å². The van der Waals surface area contributed by atoms with E-state index in [2.05, 4.69) is 17.9 Å². The number of nitrogens with zero attached hydrogens (tertiary/aromatic N) is 2. The number of ether oxygens (including phenoxy) is 1. The maximum atomic E-state index is 5.96. The third-order valence-electron chi connectivity index (χ3n) is 4.30. The summed E-state index contributed by atoms with van der Waals surface area (Å²) in [6, 6.07) is 2.18. The molecule has 0 aromatic carbocycles. The SMILES string of the molecule is CC1CN(c2nc3c(cc2C(N)=S)CCCC3)CCCO1. The molecule has 1 atom stereocenters. The van der Waals surface area contributed by atoms with E-state index in [1.807, 2.05) is 0 Å². The molecule has 5 heteroatoms. The van der Waals surface area contributed by atoms with Crippen molar-refractivity contribution in [3.63, 3.8) is 0 Å². The first-order chi connectivity index (χ1) is 10.1. The second-order valence-electron chi connectivity index (χ2n) is 6.02. The van der Waals surface area contributed by atoms with Crippen molar-refractivity contribution in [3.05, 3.63) is 22.9 Å². The summed E-state index contributed by atoms with van der Waals surface area (Å²) in [7, 11) is 0. The highest BCUT2D eigenvalue weighted by Crippen LogP contribution is 2.28. The molecular formula is C16H23N3OS. The number of hydrogen-bond acceptors (Lipinski definition) is 4. The molecular weight excluding hydrogens is 282 g/mol. The van der Waals surface area contributed by atoms with Crippen LogP contribution in [-0.2, 0) is 17.6 Å². The molecule has 2 heterocycles. The Balaban J connectivity index is 2.00. The molecule has 1 fully saturated rings. The quantitative estimate of drug-likeness (QED) is 0.849. The minimum atomic E-state index is 0.213. The first-order valence-electron chi connectivity index (χ1n) is 7.84. The predicted octanol–water partition coefficient (Wildman–Crippen LogP) is 2.21. The smallest absolute Gasteiger partial charge is 0.139 e. The zero-order valence-corrected chi connectivity index (χ0v) is 13.4. The number of aryl methyl sites for hydroxylation is 2. The Bertz CT molecular complexity index is 547. The lowest BCUT2D eigenvalue weighted by Gasteiger charge is -2.27. The second-order valence-corrected chi connectivity index (χ2v) is 6.46. The second kappa shape index (κ2) is 6.28. The van der Waals surface area contributed by atoms with E-state index in [4.69, 9.17) is 27.7 Å². The van der Waals surface area contributed by atoms with Gasteiger partial charge in [-0.15, -0.1) is 0 Å². The molecule has 1 unspecified atom stereocenters. The minimum Gasteiger partial charge on any atom is -0.389 e. The number of aromatic nitrogens is 1. The van der Waals surface area contributed by atoms with Crippen LogP contribution >= 0.6 is 12.2 Å². The first kappa shape index (κ1) is 14.7. The van der Waals surface area contributed by atoms with E-state index in [9.17, 15) is 0 Å². The molecule has 3 rings (SSSR count). The highest BCUT2D eigenvalue weighted by atomic mass is 32.1. The Kier molecular flexibility index (Phi) is 4.40. The van der Waals surface area contributed by atoms with Gasteiger partial charge in [0.25, 0.3) is 0 Å². The van der Waals surface area contributed by atoms with Crippen LogP contribution in [0.3, 0.4) is 0 Å². The van der Waals surface area contributed by atoms with Gasteiger partial charge in [0, 0.05) is 25.4 Å². The number of hydrogen-bond donors (Lipinski definition) is 1. The van der Waals surface area contributed by atoms with Crippen LogP contribution in [0.4, 0.5) is 5.82 Å². The molecule has 4 nitrogen and oxygen atoms in total. The van der Waals surface area contributed by atoms with Crippen LogP contribution in [0.15, 0.2) is 6.07 Å². The monoisotopic (exact) mass is 305 g/mol. The van der Waals surface area contributed by atoms with Crippen molar-refractivity contribution in [2.24, 2.45) is 5.73 Å². The standard InChI is InChI=1S/C16H23N3OS/c1-11-10-19(7-4-8-20-11)16-13(15(17)21)9-12-5-2-3-6-14(12)18-16/h9,11H,2-8,10H2,1H3,(H2,17,21). The zero-order chi connectivity index (χ0) is 14.8. The largest absolute Gasteiger partial charge is 0.389 e. The van der Waals surface area contributed by atoms with Crippen LogP contribution in [0.2, 0.25) is 0 Å². The van der Waals surface area contributed by atoms with Gasteiger partial charge in [0.2, 0.25) is 0 Å². The van der Waals surface area contributed by atoms with Gasteiger partial charge < -0.3 is 15.4 Å². The van der Waals surface area contributed by atoms with Crippen LogP contribution in [0, 0.1) is 0 Å². The maximum Gasteiger partial charge on any atom is 0.139 e. The summed E-state index contributed by atoms with van der Waals surface area (Å²) in [5.41, 5.74) is 9.45. The highest BCUT2D eigenvalue weighted by Gasteiger charge is 2.23. The molecule has 2 aliphatic rings. The number of anilines is 1. The summed E-state index contributed by atoms with van der Waals surface area (Å²) in [5, 5.41) is 0. The molecule has 1 aromatic heterocycles. The molecule has 0 saturated carbocycles. The van der Waals surface area contributed by atoms with E-state index in [1.165, 1.54) is 24.1 Å². The van der Waals surface area contributed by atoms with Crippen molar-refractivity contribution in [2.45, 2.75) is 45.1 Å². The van der Waals surface area contributed by atoms with Crippen LogP contribution in [0.1, 0.15) is 43.0 Å². The number of pyridine rings is 1. The van der Waals surface area contributed by atoms with Gasteiger partial charge in [-0.2, -0.15) is 0 Å². The maximum absolute atomic E-state index is 5.96. The van der Waals surface area contributed by atoms with E-state index in [0.29, 0.717) is 4.99 Å². The van der Waals surface area contributed by atoms with Gasteiger partial charge in [-0.1, -0.05) is 12.2 Å². The summed E-state index contributed by atoms with van der Waals surface area (Å²) in [6.07, 6.45) is 5.85. The average Bonchev–Trinajstić information content (AvgIpc) is 2.70. The van der Waals surface area contributed by atoms with Crippen molar-refractivity contribution in [1.82, 2.24) is 4.98 Å². The molecule has 0 spiro atoms. The number of rotatable bonds is 2.